The van der Waals surface area contributed by atoms with Crippen LogP contribution >= 0.6 is 27.5 Å². The molecule has 19 heavy (non-hydrogen) atoms. The fourth-order valence-electron chi connectivity index (χ4n) is 2.16. The second kappa shape index (κ2) is 5.09. The van der Waals surface area contributed by atoms with Crippen LogP contribution < -0.4 is 4.74 Å². The molecular weight excluding hydrogens is 337 g/mol. The number of benzene rings is 1. The molecular formula is C12H10BrClFN3O. The number of ether oxygens (including phenoxy) is 1. The van der Waals surface area contributed by atoms with Crippen molar-refractivity contribution in [2.24, 2.45) is 0 Å². The Balaban J connectivity index is 1.88. The average Bonchev–Trinajstić information content (AvgIpc) is 2.69. The molecule has 1 atom stereocenters. The minimum Gasteiger partial charge on any atom is -0.482 e. The van der Waals surface area contributed by atoms with Crippen LogP contribution in [0.4, 0.5) is 4.39 Å². The van der Waals surface area contributed by atoms with E-state index in [2.05, 4.69) is 26.0 Å². The van der Waals surface area contributed by atoms with Gasteiger partial charge >= 0.3 is 0 Å². The molecule has 2 aromatic rings. The van der Waals surface area contributed by atoms with Crippen molar-refractivity contribution in [1.29, 1.82) is 0 Å². The van der Waals surface area contributed by atoms with E-state index in [4.69, 9.17) is 16.3 Å². The van der Waals surface area contributed by atoms with Crippen LogP contribution in [0.15, 0.2) is 22.9 Å². The van der Waals surface area contributed by atoms with Crippen LogP contribution in [0.5, 0.6) is 5.75 Å². The number of aryl methyl sites for hydroxylation is 1. The summed E-state index contributed by atoms with van der Waals surface area (Å²) in [5, 5.41) is 4.53. The lowest BCUT2D eigenvalue weighted by Crippen LogP contribution is -2.21. The SMILES string of the molecule is Fc1cc(Cl)cc(OC2CCCn3nc(Br)nc32)c1. The van der Waals surface area contributed by atoms with Crippen LogP contribution in [0.3, 0.4) is 0 Å². The third kappa shape index (κ3) is 2.74. The minimum absolute atomic E-state index is 0.231. The Kier molecular flexibility index (Phi) is 3.45. The number of hydrogen-bond acceptors (Lipinski definition) is 3. The van der Waals surface area contributed by atoms with Gasteiger partial charge in [0.1, 0.15) is 11.6 Å². The van der Waals surface area contributed by atoms with Gasteiger partial charge in [0.05, 0.1) is 0 Å². The van der Waals surface area contributed by atoms with Gasteiger partial charge in [-0.1, -0.05) is 11.6 Å². The van der Waals surface area contributed by atoms with Crippen LogP contribution in [0.1, 0.15) is 24.8 Å². The Hall–Kier alpha value is -1.14. The summed E-state index contributed by atoms with van der Waals surface area (Å²) in [5.74, 6) is 0.738. The zero-order valence-corrected chi connectivity index (χ0v) is 12.2. The highest BCUT2D eigenvalue weighted by atomic mass is 79.9. The monoisotopic (exact) mass is 345 g/mol. The average molecular weight is 347 g/mol. The summed E-state index contributed by atoms with van der Waals surface area (Å²) in [7, 11) is 0. The Morgan fingerprint density at radius 2 is 2.26 bits per heavy atom. The molecule has 0 bridgehead atoms. The molecule has 0 spiro atoms. The molecule has 0 radical (unpaired) electrons. The molecule has 1 aromatic heterocycles. The number of halogens is 3. The molecule has 3 rings (SSSR count). The van der Waals surface area contributed by atoms with Gasteiger partial charge in [-0.15, -0.1) is 5.10 Å². The maximum absolute atomic E-state index is 13.3. The molecule has 1 aliphatic heterocycles. The van der Waals surface area contributed by atoms with Crippen LogP contribution in [0.2, 0.25) is 5.02 Å². The molecule has 0 saturated heterocycles. The molecule has 4 nitrogen and oxygen atoms in total. The molecule has 1 aromatic carbocycles. The van der Waals surface area contributed by atoms with Crippen molar-refractivity contribution in [1.82, 2.24) is 14.8 Å². The number of rotatable bonds is 2. The van der Waals surface area contributed by atoms with Crippen molar-refractivity contribution in [2.75, 3.05) is 0 Å². The first-order valence-electron chi connectivity index (χ1n) is 5.85. The van der Waals surface area contributed by atoms with E-state index in [-0.39, 0.29) is 6.10 Å². The summed E-state index contributed by atoms with van der Waals surface area (Å²) >= 11 is 9.06. The van der Waals surface area contributed by atoms with Gasteiger partial charge in [0.2, 0.25) is 4.73 Å². The van der Waals surface area contributed by atoms with E-state index < -0.39 is 5.82 Å². The van der Waals surface area contributed by atoms with Crippen LogP contribution in [0.25, 0.3) is 0 Å². The first-order chi connectivity index (χ1) is 9.11. The van der Waals surface area contributed by atoms with Crippen molar-refractivity contribution < 1.29 is 9.13 Å². The summed E-state index contributed by atoms with van der Waals surface area (Å²) < 4.78 is 21.4. The van der Waals surface area contributed by atoms with Gasteiger partial charge in [-0.25, -0.2) is 14.1 Å². The van der Waals surface area contributed by atoms with Gasteiger partial charge in [-0.3, -0.25) is 0 Å². The second-order valence-electron chi connectivity index (χ2n) is 4.32. The van der Waals surface area contributed by atoms with E-state index in [9.17, 15) is 4.39 Å². The molecule has 0 aliphatic carbocycles. The highest BCUT2D eigenvalue weighted by molar-refractivity contribution is 9.10. The molecule has 2 heterocycles. The van der Waals surface area contributed by atoms with Crippen molar-refractivity contribution in [3.8, 4) is 5.75 Å². The number of aromatic nitrogens is 3. The van der Waals surface area contributed by atoms with Crippen molar-refractivity contribution in [2.45, 2.75) is 25.5 Å². The van der Waals surface area contributed by atoms with Gasteiger partial charge < -0.3 is 4.74 Å². The highest BCUT2D eigenvalue weighted by Gasteiger charge is 2.25. The van der Waals surface area contributed by atoms with E-state index in [0.29, 0.717) is 15.5 Å². The fourth-order valence-corrected chi connectivity index (χ4v) is 2.74. The maximum Gasteiger partial charge on any atom is 0.217 e. The molecule has 1 aliphatic rings. The third-order valence-corrected chi connectivity index (χ3v) is 3.47. The third-order valence-electron chi connectivity index (χ3n) is 2.91. The van der Waals surface area contributed by atoms with Gasteiger partial charge in [0.15, 0.2) is 11.9 Å². The molecule has 0 fully saturated rings. The fraction of sp³-hybridized carbons (Fsp3) is 0.333. The Morgan fingerprint density at radius 1 is 1.42 bits per heavy atom. The molecule has 0 saturated carbocycles. The zero-order valence-electron chi connectivity index (χ0n) is 9.81. The quantitative estimate of drug-likeness (QED) is 0.831. The first kappa shape index (κ1) is 12.9. The van der Waals surface area contributed by atoms with E-state index in [1.165, 1.54) is 12.1 Å². The largest absolute Gasteiger partial charge is 0.482 e. The summed E-state index contributed by atoms with van der Waals surface area (Å²) in [5.41, 5.74) is 0. The minimum atomic E-state index is -0.416. The number of nitrogens with zero attached hydrogens (tertiary/aromatic N) is 3. The maximum atomic E-state index is 13.3. The van der Waals surface area contributed by atoms with Crippen LogP contribution in [0, 0.1) is 5.82 Å². The normalized spacial score (nSPS) is 18.2. The Bertz CT molecular complexity index is 599. The summed E-state index contributed by atoms with van der Waals surface area (Å²) in [4.78, 5) is 4.29. The predicted molar refractivity (Wildman–Crippen MR) is 71.7 cm³/mol. The lowest BCUT2D eigenvalue weighted by Gasteiger charge is -2.23. The lowest BCUT2D eigenvalue weighted by atomic mass is 10.1. The lowest BCUT2D eigenvalue weighted by molar-refractivity contribution is 0.155. The first-order valence-corrected chi connectivity index (χ1v) is 7.02. The number of fused-ring (bicyclic) bond motifs is 1. The Morgan fingerprint density at radius 3 is 3.05 bits per heavy atom. The van der Waals surface area contributed by atoms with Crippen molar-refractivity contribution in [3.05, 3.63) is 39.6 Å². The van der Waals surface area contributed by atoms with E-state index in [0.717, 1.165) is 25.2 Å². The molecule has 0 N–H and O–H groups in total. The smallest absolute Gasteiger partial charge is 0.217 e. The summed E-state index contributed by atoms with van der Waals surface area (Å²) in [6.45, 7) is 0.817. The van der Waals surface area contributed by atoms with Gasteiger partial charge in [0.25, 0.3) is 0 Å². The van der Waals surface area contributed by atoms with Crippen LogP contribution in [-0.4, -0.2) is 14.8 Å². The van der Waals surface area contributed by atoms with E-state index in [1.807, 2.05) is 0 Å². The molecule has 1 unspecified atom stereocenters. The van der Waals surface area contributed by atoms with E-state index >= 15 is 0 Å². The van der Waals surface area contributed by atoms with E-state index in [1.54, 1.807) is 10.7 Å². The van der Waals surface area contributed by atoms with Crippen LogP contribution in [-0.2, 0) is 6.54 Å². The standard InChI is InChI=1S/C12H10BrClFN3O/c13-12-16-11-10(2-1-3-18(11)17-12)19-9-5-7(14)4-8(15)6-9/h4-6,10H,1-3H2. The van der Waals surface area contributed by atoms with Gasteiger partial charge in [-0.05, 0) is 40.9 Å². The topological polar surface area (TPSA) is 39.9 Å². The number of hydrogen-bond donors (Lipinski definition) is 0. The molecule has 100 valence electrons. The summed E-state index contributed by atoms with van der Waals surface area (Å²) in [6, 6.07) is 4.15. The van der Waals surface area contributed by atoms with Gasteiger partial charge in [-0.2, -0.15) is 0 Å². The second-order valence-corrected chi connectivity index (χ2v) is 5.46. The highest BCUT2D eigenvalue weighted by Crippen LogP contribution is 2.31. The zero-order chi connectivity index (χ0) is 13.4. The van der Waals surface area contributed by atoms with Crippen molar-refractivity contribution >= 4 is 27.5 Å². The molecule has 7 heteroatoms. The molecule has 0 amide bonds. The predicted octanol–water partition coefficient (Wildman–Crippen LogP) is 3.75. The summed E-state index contributed by atoms with van der Waals surface area (Å²) in [6.07, 6.45) is 1.53. The Labute approximate surface area is 122 Å². The van der Waals surface area contributed by atoms with Crippen molar-refractivity contribution in [3.63, 3.8) is 0 Å². The van der Waals surface area contributed by atoms with Gasteiger partial charge in [0, 0.05) is 17.6 Å².